The summed E-state index contributed by atoms with van der Waals surface area (Å²) in [4.78, 5) is 20.6. The molecule has 3 rings (SSSR count). The predicted octanol–water partition coefficient (Wildman–Crippen LogP) is -0.359. The first-order chi connectivity index (χ1) is 11.3. The van der Waals surface area contributed by atoms with Gasteiger partial charge in [-0.05, 0) is 11.6 Å². The minimum Gasteiger partial charge on any atom is -0.379 e. The molecule has 1 aromatic rings. The van der Waals surface area contributed by atoms with E-state index in [-0.39, 0.29) is 24.6 Å². The number of hydrogen-bond donors (Lipinski definition) is 1. The number of nitrogens with zero attached hydrogens (tertiary/aromatic N) is 3. The highest BCUT2D eigenvalue weighted by atomic mass is 16.5. The van der Waals surface area contributed by atoms with Gasteiger partial charge in [0.25, 0.3) is 0 Å². The molecule has 0 saturated carbocycles. The number of carbonyl (C=O) groups is 1. The Morgan fingerprint density at radius 2 is 2.13 bits per heavy atom. The van der Waals surface area contributed by atoms with Crippen LogP contribution in [0.4, 0.5) is 0 Å². The number of hydrogen-bond acceptors (Lipinski definition) is 6. The number of aromatic nitrogens is 1. The molecule has 2 saturated heterocycles. The Bertz CT molecular complexity index is 507. The van der Waals surface area contributed by atoms with Gasteiger partial charge >= 0.3 is 0 Å². The zero-order chi connectivity index (χ0) is 16.1. The van der Waals surface area contributed by atoms with Crippen molar-refractivity contribution in [1.82, 2.24) is 14.8 Å². The van der Waals surface area contributed by atoms with Crippen LogP contribution in [0.3, 0.4) is 0 Å². The molecule has 1 aromatic heterocycles. The second kappa shape index (κ2) is 7.83. The maximum absolute atomic E-state index is 12.3. The summed E-state index contributed by atoms with van der Waals surface area (Å²) in [7, 11) is 0. The molecule has 2 aliphatic heterocycles. The van der Waals surface area contributed by atoms with Crippen LogP contribution < -0.4 is 5.73 Å². The van der Waals surface area contributed by atoms with E-state index in [1.165, 1.54) is 0 Å². The average molecular weight is 320 g/mol. The van der Waals surface area contributed by atoms with Crippen LogP contribution in [0.15, 0.2) is 24.5 Å². The minimum atomic E-state index is -0.142. The van der Waals surface area contributed by atoms with E-state index in [0.717, 1.165) is 38.4 Å². The summed E-state index contributed by atoms with van der Waals surface area (Å²) in [6.07, 6.45) is 3.46. The normalized spacial score (nSPS) is 26.2. The van der Waals surface area contributed by atoms with E-state index >= 15 is 0 Å². The van der Waals surface area contributed by atoms with Crippen LogP contribution in [0.1, 0.15) is 11.6 Å². The predicted molar refractivity (Wildman–Crippen MR) is 84.7 cm³/mol. The molecular formula is C16H24N4O3. The summed E-state index contributed by atoms with van der Waals surface area (Å²) in [6, 6.07) is 3.74. The molecule has 7 heteroatoms. The van der Waals surface area contributed by atoms with E-state index < -0.39 is 0 Å². The first-order valence-corrected chi connectivity index (χ1v) is 8.11. The zero-order valence-electron chi connectivity index (χ0n) is 13.3. The lowest BCUT2D eigenvalue weighted by Gasteiger charge is -2.43. The van der Waals surface area contributed by atoms with Crippen LogP contribution in [-0.4, -0.2) is 79.3 Å². The molecule has 0 radical (unpaired) electrons. The largest absolute Gasteiger partial charge is 0.379 e. The van der Waals surface area contributed by atoms with Gasteiger partial charge < -0.3 is 20.1 Å². The summed E-state index contributed by atoms with van der Waals surface area (Å²) in [6.45, 7) is 5.17. The van der Waals surface area contributed by atoms with E-state index in [1.807, 2.05) is 23.2 Å². The van der Waals surface area contributed by atoms with Crippen molar-refractivity contribution in [2.75, 3.05) is 52.5 Å². The van der Waals surface area contributed by atoms with E-state index in [9.17, 15) is 4.79 Å². The highest BCUT2D eigenvalue weighted by Crippen LogP contribution is 2.30. The Morgan fingerprint density at radius 3 is 2.83 bits per heavy atom. The van der Waals surface area contributed by atoms with Crippen molar-refractivity contribution in [3.05, 3.63) is 30.1 Å². The second-order valence-electron chi connectivity index (χ2n) is 5.84. The van der Waals surface area contributed by atoms with Crippen molar-refractivity contribution < 1.29 is 14.3 Å². The molecule has 0 aromatic carbocycles. The molecule has 0 unspecified atom stereocenters. The average Bonchev–Trinajstić information content (AvgIpc) is 2.62. The quantitative estimate of drug-likeness (QED) is 0.816. The summed E-state index contributed by atoms with van der Waals surface area (Å²) in [5, 5.41) is 0. The van der Waals surface area contributed by atoms with Crippen molar-refractivity contribution >= 4 is 5.91 Å². The smallest absolute Gasteiger partial charge is 0.236 e. The van der Waals surface area contributed by atoms with Crippen molar-refractivity contribution in [1.29, 1.82) is 0 Å². The maximum Gasteiger partial charge on any atom is 0.236 e. The van der Waals surface area contributed by atoms with Gasteiger partial charge in [0, 0.05) is 38.6 Å². The Hall–Kier alpha value is -1.54. The summed E-state index contributed by atoms with van der Waals surface area (Å²) < 4.78 is 11.4. The number of carbonyl (C=O) groups excluding carboxylic acids is 1. The number of morpholine rings is 2. The van der Waals surface area contributed by atoms with Gasteiger partial charge in [-0.3, -0.25) is 14.7 Å². The topological polar surface area (TPSA) is 80.9 Å². The Kier molecular flexibility index (Phi) is 5.56. The van der Waals surface area contributed by atoms with Crippen molar-refractivity contribution in [2.45, 2.75) is 12.1 Å². The summed E-state index contributed by atoms with van der Waals surface area (Å²) in [5.41, 5.74) is 6.59. The number of amides is 1. The van der Waals surface area contributed by atoms with Gasteiger partial charge in [-0.25, -0.2) is 0 Å². The summed E-state index contributed by atoms with van der Waals surface area (Å²) >= 11 is 0. The highest BCUT2D eigenvalue weighted by molar-refractivity contribution is 5.78. The van der Waals surface area contributed by atoms with E-state index in [4.69, 9.17) is 15.2 Å². The van der Waals surface area contributed by atoms with E-state index in [0.29, 0.717) is 13.2 Å². The highest BCUT2D eigenvalue weighted by Gasteiger charge is 2.37. The second-order valence-corrected chi connectivity index (χ2v) is 5.84. The molecule has 1 amide bonds. The van der Waals surface area contributed by atoms with Crippen LogP contribution in [0.25, 0.3) is 0 Å². The molecule has 2 N–H and O–H groups in total. The van der Waals surface area contributed by atoms with Crippen LogP contribution in [-0.2, 0) is 14.3 Å². The number of ether oxygens (including phenoxy) is 2. The van der Waals surface area contributed by atoms with Gasteiger partial charge in [0.05, 0.1) is 38.5 Å². The Labute approximate surface area is 136 Å². The first-order valence-electron chi connectivity index (χ1n) is 8.11. The van der Waals surface area contributed by atoms with Gasteiger partial charge in [0.2, 0.25) is 5.91 Å². The molecule has 126 valence electrons. The lowest BCUT2D eigenvalue weighted by atomic mass is 9.98. The van der Waals surface area contributed by atoms with E-state index in [2.05, 4.69) is 9.88 Å². The summed E-state index contributed by atoms with van der Waals surface area (Å²) in [5.74, 6) is -0.0471. The van der Waals surface area contributed by atoms with Gasteiger partial charge in [0.15, 0.2) is 0 Å². The molecule has 0 spiro atoms. The molecule has 23 heavy (non-hydrogen) atoms. The van der Waals surface area contributed by atoms with Gasteiger partial charge in [-0.1, -0.05) is 6.07 Å². The third-order valence-electron chi connectivity index (χ3n) is 4.41. The van der Waals surface area contributed by atoms with Crippen LogP contribution >= 0.6 is 0 Å². The standard InChI is InChI=1S/C16H24N4O3/c17-10-15(21)20-6-9-23-14(12-19-4-7-22-8-5-19)16(20)13-2-1-3-18-11-13/h1-3,11,14,16H,4-10,12,17H2/t14-,16-/m0/s1. The van der Waals surface area contributed by atoms with E-state index in [1.54, 1.807) is 6.20 Å². The SMILES string of the molecule is NCC(=O)N1CCO[C@@H](CN2CCOCC2)[C@@H]1c1cccnc1. The van der Waals surface area contributed by atoms with Crippen LogP contribution in [0.5, 0.6) is 0 Å². The number of nitrogens with two attached hydrogens (primary N) is 1. The fourth-order valence-corrected chi connectivity index (χ4v) is 3.27. The molecule has 0 bridgehead atoms. The third kappa shape index (κ3) is 3.87. The van der Waals surface area contributed by atoms with Crippen molar-refractivity contribution in [3.8, 4) is 0 Å². The lowest BCUT2D eigenvalue weighted by Crippen LogP contribution is -2.54. The zero-order valence-corrected chi connectivity index (χ0v) is 13.3. The van der Waals surface area contributed by atoms with Gasteiger partial charge in [-0.15, -0.1) is 0 Å². The third-order valence-corrected chi connectivity index (χ3v) is 4.41. The van der Waals surface area contributed by atoms with Crippen molar-refractivity contribution in [2.24, 2.45) is 5.73 Å². The molecule has 2 aliphatic rings. The minimum absolute atomic E-state index is 0.0149. The van der Waals surface area contributed by atoms with Gasteiger partial charge in [-0.2, -0.15) is 0 Å². The molecule has 0 aliphatic carbocycles. The fourth-order valence-electron chi connectivity index (χ4n) is 3.27. The molecule has 2 fully saturated rings. The monoisotopic (exact) mass is 320 g/mol. The first kappa shape index (κ1) is 16.3. The van der Waals surface area contributed by atoms with Crippen LogP contribution in [0.2, 0.25) is 0 Å². The Balaban J connectivity index is 1.81. The molecule has 2 atom stereocenters. The maximum atomic E-state index is 12.3. The van der Waals surface area contributed by atoms with Crippen LogP contribution in [0, 0.1) is 0 Å². The number of pyridine rings is 1. The molecule has 3 heterocycles. The number of rotatable bonds is 4. The van der Waals surface area contributed by atoms with Gasteiger partial charge in [0.1, 0.15) is 0 Å². The van der Waals surface area contributed by atoms with Crippen molar-refractivity contribution in [3.63, 3.8) is 0 Å². The molecule has 7 nitrogen and oxygen atoms in total. The fraction of sp³-hybridized carbons (Fsp3) is 0.625. The lowest BCUT2D eigenvalue weighted by molar-refractivity contribution is -0.147. The molecular weight excluding hydrogens is 296 g/mol. The Morgan fingerprint density at radius 1 is 1.30 bits per heavy atom.